The van der Waals surface area contributed by atoms with Crippen LogP contribution in [0.4, 0.5) is 0 Å². The Balaban J connectivity index is 1.39. The summed E-state index contributed by atoms with van der Waals surface area (Å²) in [5.41, 5.74) is 1.34. The Hall–Kier alpha value is -2.60. The van der Waals surface area contributed by atoms with Gasteiger partial charge in [-0.15, -0.1) is 0 Å². The number of hydrogen-bond donors (Lipinski definition) is 2. The van der Waals surface area contributed by atoms with Crippen LogP contribution in [0.15, 0.2) is 47.4 Å². The van der Waals surface area contributed by atoms with Gasteiger partial charge in [-0.1, -0.05) is 6.07 Å². The first-order chi connectivity index (χ1) is 11.8. The standard InChI is InChI=1S/C18H18N4O2/c23-18(21-15-9-13-3-4-14(15)20-13)12-2-1-11-8-17(24-16(11)7-12)22-6-5-19-10-22/h1-2,5-8,10,13-15,20H,3-4,9H2,(H,21,23)/t13-,14+,15-/m1/s1. The van der Waals surface area contributed by atoms with E-state index in [4.69, 9.17) is 4.42 Å². The van der Waals surface area contributed by atoms with Crippen LogP contribution in [0.25, 0.3) is 16.9 Å². The lowest BCUT2D eigenvalue weighted by molar-refractivity contribution is 0.0931. The molecule has 2 aromatic heterocycles. The van der Waals surface area contributed by atoms with Crippen molar-refractivity contribution in [3.8, 4) is 5.88 Å². The number of fused-ring (bicyclic) bond motifs is 3. The minimum atomic E-state index is -0.0307. The van der Waals surface area contributed by atoms with Crippen LogP contribution in [-0.2, 0) is 0 Å². The van der Waals surface area contributed by atoms with E-state index < -0.39 is 0 Å². The highest BCUT2D eigenvalue weighted by Crippen LogP contribution is 2.29. The van der Waals surface area contributed by atoms with E-state index in [9.17, 15) is 4.79 Å². The number of hydrogen-bond acceptors (Lipinski definition) is 4. The first-order valence-corrected chi connectivity index (χ1v) is 8.35. The summed E-state index contributed by atoms with van der Waals surface area (Å²) < 4.78 is 7.66. The van der Waals surface area contributed by atoms with Crippen LogP contribution in [0.1, 0.15) is 29.6 Å². The fourth-order valence-electron chi connectivity index (χ4n) is 3.91. The second kappa shape index (κ2) is 5.21. The molecule has 2 saturated heterocycles. The molecule has 0 radical (unpaired) electrons. The molecule has 2 N–H and O–H groups in total. The molecule has 0 unspecified atom stereocenters. The van der Waals surface area contributed by atoms with Gasteiger partial charge in [0.2, 0.25) is 5.88 Å². The molecule has 24 heavy (non-hydrogen) atoms. The molecule has 2 aliphatic heterocycles. The molecule has 0 saturated carbocycles. The number of benzene rings is 1. The van der Waals surface area contributed by atoms with Crippen LogP contribution >= 0.6 is 0 Å². The largest absolute Gasteiger partial charge is 0.440 e. The lowest BCUT2D eigenvalue weighted by Gasteiger charge is -2.21. The number of amides is 1. The molecular formula is C18H18N4O2. The van der Waals surface area contributed by atoms with Gasteiger partial charge in [0, 0.05) is 47.5 Å². The van der Waals surface area contributed by atoms with Crippen LogP contribution in [-0.4, -0.2) is 33.6 Å². The smallest absolute Gasteiger partial charge is 0.251 e. The van der Waals surface area contributed by atoms with Gasteiger partial charge in [-0.05, 0) is 31.4 Å². The maximum atomic E-state index is 12.6. The summed E-state index contributed by atoms with van der Waals surface area (Å²) in [6.45, 7) is 0. The second-order valence-corrected chi connectivity index (χ2v) is 6.67. The lowest BCUT2D eigenvalue weighted by atomic mass is 9.95. The van der Waals surface area contributed by atoms with Crippen molar-refractivity contribution in [1.82, 2.24) is 20.2 Å². The van der Waals surface area contributed by atoms with Crippen molar-refractivity contribution in [2.45, 2.75) is 37.4 Å². The van der Waals surface area contributed by atoms with Crippen molar-refractivity contribution >= 4 is 16.9 Å². The van der Waals surface area contributed by atoms with E-state index in [2.05, 4.69) is 15.6 Å². The molecule has 3 aromatic rings. The van der Waals surface area contributed by atoms with Gasteiger partial charge in [-0.25, -0.2) is 4.98 Å². The van der Waals surface area contributed by atoms with E-state index >= 15 is 0 Å². The predicted molar refractivity (Wildman–Crippen MR) is 89.2 cm³/mol. The van der Waals surface area contributed by atoms with Crippen LogP contribution in [0.5, 0.6) is 0 Å². The molecule has 2 aliphatic rings. The van der Waals surface area contributed by atoms with E-state index in [1.54, 1.807) is 17.1 Å². The molecule has 0 aliphatic carbocycles. The molecule has 6 nitrogen and oxygen atoms in total. The maximum Gasteiger partial charge on any atom is 0.251 e. The van der Waals surface area contributed by atoms with Gasteiger partial charge in [0.15, 0.2) is 0 Å². The maximum absolute atomic E-state index is 12.6. The summed E-state index contributed by atoms with van der Waals surface area (Å²) in [4.78, 5) is 16.6. The number of carbonyl (C=O) groups excluding carboxylic acids is 1. The van der Waals surface area contributed by atoms with Gasteiger partial charge in [-0.3, -0.25) is 9.36 Å². The molecule has 3 atom stereocenters. The van der Waals surface area contributed by atoms with E-state index in [1.165, 1.54) is 6.42 Å². The lowest BCUT2D eigenvalue weighted by Crippen LogP contribution is -2.42. The molecule has 4 heterocycles. The van der Waals surface area contributed by atoms with Crippen molar-refractivity contribution in [2.75, 3.05) is 0 Å². The van der Waals surface area contributed by atoms with Gasteiger partial charge in [0.05, 0.1) is 0 Å². The monoisotopic (exact) mass is 322 g/mol. The van der Waals surface area contributed by atoms with Crippen LogP contribution in [0, 0.1) is 0 Å². The summed E-state index contributed by atoms with van der Waals surface area (Å²) in [7, 11) is 0. The molecule has 122 valence electrons. The summed E-state index contributed by atoms with van der Waals surface area (Å²) in [6.07, 6.45) is 8.63. The van der Waals surface area contributed by atoms with Gasteiger partial charge in [-0.2, -0.15) is 0 Å². The summed E-state index contributed by atoms with van der Waals surface area (Å²) in [6, 6.07) is 8.78. The van der Waals surface area contributed by atoms with E-state index in [1.807, 2.05) is 30.5 Å². The second-order valence-electron chi connectivity index (χ2n) is 6.67. The first-order valence-electron chi connectivity index (χ1n) is 8.35. The normalized spacial score (nSPS) is 25.4. The van der Waals surface area contributed by atoms with Crippen LogP contribution < -0.4 is 10.6 Å². The van der Waals surface area contributed by atoms with E-state index in [0.717, 1.165) is 18.2 Å². The van der Waals surface area contributed by atoms with Gasteiger partial charge in [0.1, 0.15) is 11.9 Å². The molecule has 1 aromatic carbocycles. The van der Waals surface area contributed by atoms with Crippen molar-refractivity contribution in [3.63, 3.8) is 0 Å². The third kappa shape index (κ3) is 2.22. The zero-order valence-corrected chi connectivity index (χ0v) is 13.1. The van der Waals surface area contributed by atoms with Gasteiger partial charge in [0.25, 0.3) is 5.91 Å². The van der Waals surface area contributed by atoms with Gasteiger partial charge >= 0.3 is 0 Å². The number of imidazole rings is 1. The van der Waals surface area contributed by atoms with Crippen LogP contribution in [0.2, 0.25) is 0 Å². The number of aromatic nitrogens is 2. The fraction of sp³-hybridized carbons (Fsp3) is 0.333. The third-order valence-electron chi connectivity index (χ3n) is 5.14. The Kier molecular flexibility index (Phi) is 2.99. The minimum absolute atomic E-state index is 0.0307. The van der Waals surface area contributed by atoms with E-state index in [-0.39, 0.29) is 11.9 Å². The first kappa shape index (κ1) is 13.8. The number of rotatable bonds is 3. The van der Waals surface area contributed by atoms with E-state index in [0.29, 0.717) is 29.1 Å². The minimum Gasteiger partial charge on any atom is -0.440 e. The Bertz CT molecular complexity index is 899. The number of carbonyl (C=O) groups is 1. The van der Waals surface area contributed by atoms with Crippen molar-refractivity contribution < 1.29 is 9.21 Å². The highest BCUT2D eigenvalue weighted by atomic mass is 16.4. The Labute approximate surface area is 138 Å². The topological polar surface area (TPSA) is 72.1 Å². The van der Waals surface area contributed by atoms with Crippen molar-refractivity contribution in [3.05, 3.63) is 48.5 Å². The van der Waals surface area contributed by atoms with Crippen molar-refractivity contribution in [1.29, 1.82) is 0 Å². The molecule has 0 spiro atoms. The average molecular weight is 322 g/mol. The van der Waals surface area contributed by atoms with Crippen LogP contribution in [0.3, 0.4) is 0 Å². The zero-order chi connectivity index (χ0) is 16.1. The summed E-state index contributed by atoms with van der Waals surface area (Å²) in [5.74, 6) is 0.661. The number of nitrogens with zero attached hydrogens (tertiary/aromatic N) is 2. The highest BCUT2D eigenvalue weighted by Gasteiger charge is 2.39. The zero-order valence-electron chi connectivity index (χ0n) is 13.1. The molecule has 5 rings (SSSR count). The average Bonchev–Trinajstić information content (AvgIpc) is 3.35. The fourth-order valence-corrected chi connectivity index (χ4v) is 3.91. The van der Waals surface area contributed by atoms with Gasteiger partial charge < -0.3 is 15.1 Å². The predicted octanol–water partition coefficient (Wildman–Crippen LogP) is 2.24. The SMILES string of the molecule is O=C(N[C@@H]1C[C@H]2CC[C@@H]1N2)c1ccc2cc(-n3ccnc3)oc2c1. The molecular weight excluding hydrogens is 304 g/mol. The Morgan fingerprint density at radius 1 is 1.33 bits per heavy atom. The Morgan fingerprint density at radius 3 is 3.04 bits per heavy atom. The molecule has 6 heteroatoms. The van der Waals surface area contributed by atoms with Crippen molar-refractivity contribution in [2.24, 2.45) is 0 Å². The Morgan fingerprint density at radius 2 is 2.29 bits per heavy atom. The number of nitrogens with one attached hydrogen (secondary N) is 2. The highest BCUT2D eigenvalue weighted by molar-refractivity contribution is 5.98. The summed E-state index contributed by atoms with van der Waals surface area (Å²) in [5, 5.41) is 7.68. The molecule has 1 amide bonds. The molecule has 2 fully saturated rings. The molecule has 2 bridgehead atoms. The summed E-state index contributed by atoms with van der Waals surface area (Å²) >= 11 is 0. The number of furan rings is 1. The quantitative estimate of drug-likeness (QED) is 0.776. The third-order valence-corrected chi connectivity index (χ3v) is 5.14.